The largest absolute Gasteiger partial charge is 0.291 e. The third-order valence-electron chi connectivity index (χ3n) is 4.04. The molecule has 3 heteroatoms. The van der Waals surface area contributed by atoms with Crippen molar-refractivity contribution in [2.75, 3.05) is 0 Å². The van der Waals surface area contributed by atoms with E-state index in [1.54, 1.807) is 0 Å². The average molecular weight is 299 g/mol. The minimum absolute atomic E-state index is 0.875. The normalized spacial score (nSPS) is 11.0. The number of aryl methyl sites for hydroxylation is 1. The summed E-state index contributed by atoms with van der Waals surface area (Å²) in [6.45, 7) is 2.13. The van der Waals surface area contributed by atoms with Crippen molar-refractivity contribution in [2.45, 2.75) is 13.3 Å². The Labute approximate surface area is 135 Å². The molecular formula is C20H17N3. The van der Waals surface area contributed by atoms with Gasteiger partial charge in [0, 0.05) is 11.9 Å². The van der Waals surface area contributed by atoms with Crippen LogP contribution in [0.3, 0.4) is 0 Å². The van der Waals surface area contributed by atoms with E-state index < -0.39 is 0 Å². The SMILES string of the molecule is CCc1ccc(-c2nc3ccccc3n2-c2ccccc2)nc1. The van der Waals surface area contributed by atoms with Crippen molar-refractivity contribution < 1.29 is 0 Å². The van der Waals surface area contributed by atoms with Gasteiger partial charge >= 0.3 is 0 Å². The number of hydrogen-bond donors (Lipinski definition) is 0. The first-order chi connectivity index (χ1) is 11.4. The number of benzene rings is 2. The van der Waals surface area contributed by atoms with Gasteiger partial charge in [0.1, 0.15) is 5.69 Å². The quantitative estimate of drug-likeness (QED) is 0.551. The highest BCUT2D eigenvalue weighted by Crippen LogP contribution is 2.27. The smallest absolute Gasteiger partial charge is 0.164 e. The fraction of sp³-hybridized carbons (Fsp3) is 0.100. The van der Waals surface area contributed by atoms with Gasteiger partial charge in [0.05, 0.1) is 11.0 Å². The highest BCUT2D eigenvalue weighted by Gasteiger charge is 2.14. The molecule has 0 saturated heterocycles. The van der Waals surface area contributed by atoms with E-state index in [9.17, 15) is 0 Å². The Morgan fingerprint density at radius 3 is 2.39 bits per heavy atom. The lowest BCUT2D eigenvalue weighted by atomic mass is 10.2. The van der Waals surface area contributed by atoms with Crippen LogP contribution in [0.5, 0.6) is 0 Å². The molecule has 0 aliphatic heterocycles. The van der Waals surface area contributed by atoms with Gasteiger partial charge in [0.2, 0.25) is 0 Å². The summed E-state index contributed by atoms with van der Waals surface area (Å²) in [5.74, 6) is 0.875. The molecule has 0 fully saturated rings. The molecule has 0 unspecified atom stereocenters. The van der Waals surface area contributed by atoms with Gasteiger partial charge < -0.3 is 0 Å². The van der Waals surface area contributed by atoms with Crippen molar-refractivity contribution >= 4 is 11.0 Å². The molecule has 0 bridgehead atoms. The Bertz CT molecular complexity index is 938. The molecule has 0 saturated carbocycles. The van der Waals surface area contributed by atoms with Crippen molar-refractivity contribution in [2.24, 2.45) is 0 Å². The summed E-state index contributed by atoms with van der Waals surface area (Å²) in [4.78, 5) is 9.43. The van der Waals surface area contributed by atoms with E-state index in [2.05, 4.69) is 46.8 Å². The Kier molecular flexibility index (Phi) is 3.39. The van der Waals surface area contributed by atoms with E-state index >= 15 is 0 Å². The second-order valence-corrected chi connectivity index (χ2v) is 5.50. The molecule has 0 radical (unpaired) electrons. The average Bonchev–Trinajstić information content (AvgIpc) is 3.02. The van der Waals surface area contributed by atoms with Gasteiger partial charge in [-0.05, 0) is 42.3 Å². The third-order valence-corrected chi connectivity index (χ3v) is 4.04. The topological polar surface area (TPSA) is 30.7 Å². The fourth-order valence-electron chi connectivity index (χ4n) is 2.80. The second-order valence-electron chi connectivity index (χ2n) is 5.50. The van der Waals surface area contributed by atoms with Gasteiger partial charge in [0.25, 0.3) is 0 Å². The maximum atomic E-state index is 4.82. The Morgan fingerprint density at radius 2 is 1.65 bits per heavy atom. The number of pyridine rings is 1. The molecule has 0 aliphatic rings. The van der Waals surface area contributed by atoms with Crippen LogP contribution in [0, 0.1) is 0 Å². The van der Waals surface area contributed by atoms with Crippen LogP contribution in [0.15, 0.2) is 72.9 Å². The van der Waals surface area contributed by atoms with Crippen LogP contribution in [0.2, 0.25) is 0 Å². The van der Waals surface area contributed by atoms with E-state index in [1.807, 2.05) is 42.6 Å². The molecular weight excluding hydrogens is 282 g/mol. The predicted octanol–water partition coefficient (Wildman–Crippen LogP) is 4.65. The summed E-state index contributed by atoms with van der Waals surface area (Å²) >= 11 is 0. The molecule has 2 aromatic carbocycles. The molecule has 0 amide bonds. The van der Waals surface area contributed by atoms with Crippen LogP contribution >= 0.6 is 0 Å². The zero-order chi connectivity index (χ0) is 15.6. The van der Waals surface area contributed by atoms with Crippen LogP contribution in [-0.2, 0) is 6.42 Å². The molecule has 0 atom stereocenters. The van der Waals surface area contributed by atoms with Gasteiger partial charge in [-0.1, -0.05) is 43.3 Å². The number of para-hydroxylation sites is 3. The number of fused-ring (bicyclic) bond motifs is 1. The van der Waals surface area contributed by atoms with Gasteiger partial charge in [-0.2, -0.15) is 0 Å². The minimum Gasteiger partial charge on any atom is -0.291 e. The zero-order valence-corrected chi connectivity index (χ0v) is 13.0. The Morgan fingerprint density at radius 1 is 0.870 bits per heavy atom. The first-order valence-electron chi connectivity index (χ1n) is 7.85. The van der Waals surface area contributed by atoms with Gasteiger partial charge in [0.15, 0.2) is 5.82 Å². The standard InChI is InChI=1S/C20H17N3/c1-2-15-12-13-18(21-14-15)20-22-17-10-6-7-11-19(17)23(20)16-8-4-3-5-9-16/h3-14H,2H2,1H3. The lowest BCUT2D eigenvalue weighted by Crippen LogP contribution is -1.98. The highest BCUT2D eigenvalue weighted by molar-refractivity contribution is 5.82. The van der Waals surface area contributed by atoms with E-state index in [0.29, 0.717) is 0 Å². The summed E-state index contributed by atoms with van der Waals surface area (Å²) in [5.41, 5.74) is 5.29. The first-order valence-corrected chi connectivity index (χ1v) is 7.85. The first kappa shape index (κ1) is 13.7. The molecule has 3 nitrogen and oxygen atoms in total. The van der Waals surface area contributed by atoms with Crippen molar-refractivity contribution in [1.82, 2.24) is 14.5 Å². The molecule has 0 N–H and O–H groups in total. The zero-order valence-electron chi connectivity index (χ0n) is 13.0. The lowest BCUT2D eigenvalue weighted by Gasteiger charge is -2.09. The molecule has 2 heterocycles. The summed E-state index contributed by atoms with van der Waals surface area (Å²) in [6.07, 6.45) is 2.92. The second kappa shape index (κ2) is 5.69. The van der Waals surface area contributed by atoms with Gasteiger partial charge in [-0.25, -0.2) is 4.98 Å². The van der Waals surface area contributed by atoms with Crippen molar-refractivity contribution in [3.63, 3.8) is 0 Å². The molecule has 2 aromatic heterocycles. The van der Waals surface area contributed by atoms with Gasteiger partial charge in [-0.15, -0.1) is 0 Å². The van der Waals surface area contributed by atoms with E-state index in [0.717, 1.165) is 34.7 Å². The Hall–Kier alpha value is -2.94. The maximum absolute atomic E-state index is 4.82. The number of rotatable bonds is 3. The molecule has 4 rings (SSSR count). The maximum Gasteiger partial charge on any atom is 0.164 e. The van der Waals surface area contributed by atoms with E-state index in [4.69, 9.17) is 4.98 Å². The van der Waals surface area contributed by atoms with E-state index in [1.165, 1.54) is 5.56 Å². The molecule has 23 heavy (non-hydrogen) atoms. The van der Waals surface area contributed by atoms with E-state index in [-0.39, 0.29) is 0 Å². The molecule has 112 valence electrons. The Balaban J connectivity index is 1.98. The summed E-state index contributed by atoms with van der Waals surface area (Å²) < 4.78 is 2.17. The fourth-order valence-corrected chi connectivity index (χ4v) is 2.80. The van der Waals surface area contributed by atoms with Crippen LogP contribution in [0.4, 0.5) is 0 Å². The van der Waals surface area contributed by atoms with Crippen LogP contribution in [0.25, 0.3) is 28.2 Å². The molecule has 0 aliphatic carbocycles. The number of imidazole rings is 1. The minimum atomic E-state index is 0.875. The highest BCUT2D eigenvalue weighted by atomic mass is 15.1. The number of hydrogen-bond acceptors (Lipinski definition) is 2. The summed E-state index contributed by atoms with van der Waals surface area (Å²) in [7, 11) is 0. The lowest BCUT2D eigenvalue weighted by molar-refractivity contribution is 1.06. The summed E-state index contributed by atoms with van der Waals surface area (Å²) in [5, 5.41) is 0. The molecule has 0 spiro atoms. The monoisotopic (exact) mass is 299 g/mol. The number of nitrogens with zero attached hydrogens (tertiary/aromatic N) is 3. The van der Waals surface area contributed by atoms with Crippen LogP contribution in [0.1, 0.15) is 12.5 Å². The van der Waals surface area contributed by atoms with Crippen molar-refractivity contribution in [3.8, 4) is 17.2 Å². The van der Waals surface area contributed by atoms with Crippen molar-refractivity contribution in [3.05, 3.63) is 78.5 Å². The van der Waals surface area contributed by atoms with Gasteiger partial charge in [-0.3, -0.25) is 9.55 Å². The predicted molar refractivity (Wildman–Crippen MR) is 93.7 cm³/mol. The number of aromatic nitrogens is 3. The third kappa shape index (κ3) is 2.40. The van der Waals surface area contributed by atoms with Crippen LogP contribution in [-0.4, -0.2) is 14.5 Å². The molecule has 4 aromatic rings. The summed E-state index contributed by atoms with van der Waals surface area (Å²) in [6, 6.07) is 22.7. The van der Waals surface area contributed by atoms with Crippen LogP contribution < -0.4 is 0 Å². The van der Waals surface area contributed by atoms with Crippen molar-refractivity contribution in [1.29, 1.82) is 0 Å².